The van der Waals surface area contributed by atoms with E-state index in [2.05, 4.69) is 0 Å². The normalized spacial score (nSPS) is 11.8. The summed E-state index contributed by atoms with van der Waals surface area (Å²) in [6, 6.07) is 8.02. The van der Waals surface area contributed by atoms with Crippen LogP contribution in [0.25, 0.3) is 11.3 Å². The van der Waals surface area contributed by atoms with Crippen molar-refractivity contribution in [2.24, 2.45) is 0 Å². The van der Waals surface area contributed by atoms with Gasteiger partial charge in [0.15, 0.2) is 0 Å². The maximum atomic E-state index is 12.7. The fourth-order valence-corrected chi connectivity index (χ4v) is 1.55. The molecular weight excluding hydrogens is 233 g/mol. The molecule has 1 N–H and O–H groups in total. The molecule has 0 aliphatic heterocycles. The molecule has 5 heteroatoms. The predicted octanol–water partition coefficient (Wildman–Crippen LogP) is 3.46. The van der Waals surface area contributed by atoms with Gasteiger partial charge in [0.2, 0.25) is 0 Å². The lowest BCUT2D eigenvalue weighted by Crippen LogP contribution is -2.06. The summed E-state index contributed by atoms with van der Waals surface area (Å²) >= 11 is 0. The van der Waals surface area contributed by atoms with Crippen LogP contribution in [0, 0.1) is 0 Å². The molecule has 0 unspecified atom stereocenters. The summed E-state index contributed by atoms with van der Waals surface area (Å²) in [4.78, 5) is 0. The number of halogens is 3. The van der Waals surface area contributed by atoms with Crippen LogP contribution in [0.3, 0.4) is 0 Å². The maximum absolute atomic E-state index is 12.7. The van der Waals surface area contributed by atoms with Crippen LogP contribution in [0.1, 0.15) is 11.3 Å². The topological polar surface area (TPSA) is 33.4 Å². The van der Waals surface area contributed by atoms with Crippen molar-refractivity contribution < 1.29 is 22.7 Å². The number of rotatable bonds is 2. The van der Waals surface area contributed by atoms with Gasteiger partial charge in [-0.15, -0.1) is 0 Å². The highest BCUT2D eigenvalue weighted by Crippen LogP contribution is 2.37. The highest BCUT2D eigenvalue weighted by Gasteiger charge is 2.33. The number of aliphatic hydroxyl groups is 1. The minimum atomic E-state index is -4.43. The van der Waals surface area contributed by atoms with E-state index < -0.39 is 11.7 Å². The van der Waals surface area contributed by atoms with E-state index in [4.69, 9.17) is 9.52 Å². The van der Waals surface area contributed by atoms with Crippen LogP contribution < -0.4 is 0 Å². The number of hydrogen-bond acceptors (Lipinski definition) is 2. The van der Waals surface area contributed by atoms with Crippen molar-refractivity contribution in [1.29, 1.82) is 0 Å². The quantitative estimate of drug-likeness (QED) is 0.874. The first-order chi connectivity index (χ1) is 8.02. The second-order valence-corrected chi connectivity index (χ2v) is 3.47. The zero-order chi connectivity index (χ0) is 12.5. The second kappa shape index (κ2) is 4.25. The van der Waals surface area contributed by atoms with E-state index in [9.17, 15) is 13.2 Å². The molecule has 0 saturated carbocycles. The Bertz CT molecular complexity index is 514. The van der Waals surface area contributed by atoms with Crippen molar-refractivity contribution in [2.75, 3.05) is 0 Å². The van der Waals surface area contributed by atoms with Crippen LogP contribution in [0.5, 0.6) is 0 Å². The van der Waals surface area contributed by atoms with Crippen LogP contribution >= 0.6 is 0 Å². The molecule has 1 aromatic carbocycles. The summed E-state index contributed by atoms with van der Waals surface area (Å²) in [6.07, 6.45) is -4.43. The molecule has 0 aliphatic rings. The van der Waals surface area contributed by atoms with Crippen molar-refractivity contribution in [3.63, 3.8) is 0 Å². The fraction of sp³-hybridized carbons (Fsp3) is 0.167. The lowest BCUT2D eigenvalue weighted by atomic mass is 10.1. The predicted molar refractivity (Wildman–Crippen MR) is 55.1 cm³/mol. The molecule has 0 bridgehead atoms. The average Bonchev–Trinajstić information content (AvgIpc) is 2.76. The molecule has 90 valence electrons. The minimum absolute atomic E-state index is 0.0281. The minimum Gasteiger partial charge on any atom is -0.459 e. The van der Waals surface area contributed by atoms with Crippen LogP contribution in [-0.2, 0) is 12.8 Å². The largest absolute Gasteiger partial charge is 0.459 e. The van der Waals surface area contributed by atoms with E-state index in [0.717, 1.165) is 6.07 Å². The molecule has 0 saturated heterocycles. The van der Waals surface area contributed by atoms with Gasteiger partial charge in [-0.05, 0) is 18.2 Å². The summed E-state index contributed by atoms with van der Waals surface area (Å²) < 4.78 is 43.3. The number of furan rings is 1. The van der Waals surface area contributed by atoms with Crippen LogP contribution in [0.4, 0.5) is 13.2 Å². The lowest BCUT2D eigenvalue weighted by Gasteiger charge is -2.10. The third-order valence-electron chi connectivity index (χ3n) is 2.32. The number of aliphatic hydroxyl groups excluding tert-OH is 1. The number of alkyl halides is 3. The van der Waals surface area contributed by atoms with Gasteiger partial charge in [-0.3, -0.25) is 0 Å². The van der Waals surface area contributed by atoms with Crippen molar-refractivity contribution >= 4 is 0 Å². The zero-order valence-corrected chi connectivity index (χ0v) is 8.66. The van der Waals surface area contributed by atoms with E-state index in [0.29, 0.717) is 0 Å². The molecule has 2 aromatic rings. The van der Waals surface area contributed by atoms with Crippen LogP contribution in [-0.4, -0.2) is 5.11 Å². The molecule has 17 heavy (non-hydrogen) atoms. The highest BCUT2D eigenvalue weighted by atomic mass is 19.4. The SMILES string of the molecule is OCc1ccc(-c2ccccc2C(F)(F)F)o1. The molecule has 0 aliphatic carbocycles. The van der Waals surface area contributed by atoms with E-state index in [1.54, 1.807) is 0 Å². The first kappa shape index (κ1) is 11.7. The second-order valence-electron chi connectivity index (χ2n) is 3.47. The monoisotopic (exact) mass is 242 g/mol. The molecular formula is C12H9F3O2. The Kier molecular flexibility index (Phi) is 2.93. The zero-order valence-electron chi connectivity index (χ0n) is 8.66. The number of benzene rings is 1. The van der Waals surface area contributed by atoms with Gasteiger partial charge in [-0.1, -0.05) is 18.2 Å². The van der Waals surface area contributed by atoms with E-state index in [1.165, 1.54) is 30.3 Å². The lowest BCUT2D eigenvalue weighted by molar-refractivity contribution is -0.137. The molecule has 0 fully saturated rings. The van der Waals surface area contributed by atoms with Gasteiger partial charge in [0.25, 0.3) is 0 Å². The standard InChI is InChI=1S/C12H9F3O2/c13-12(14,15)10-4-2-1-3-9(10)11-6-5-8(7-16)17-11/h1-6,16H,7H2. The summed E-state index contributed by atoms with van der Waals surface area (Å²) in [6.45, 7) is -0.339. The Morgan fingerprint density at radius 2 is 1.76 bits per heavy atom. The third-order valence-corrected chi connectivity index (χ3v) is 2.32. The molecule has 1 aromatic heterocycles. The molecule has 0 radical (unpaired) electrons. The Labute approximate surface area is 95.3 Å². The van der Waals surface area contributed by atoms with Gasteiger partial charge in [-0.2, -0.15) is 13.2 Å². The summed E-state index contributed by atoms with van der Waals surface area (Å²) in [5.41, 5.74) is -0.779. The van der Waals surface area contributed by atoms with Gasteiger partial charge >= 0.3 is 6.18 Å². The van der Waals surface area contributed by atoms with Crippen molar-refractivity contribution in [3.8, 4) is 11.3 Å². The van der Waals surface area contributed by atoms with Gasteiger partial charge in [-0.25, -0.2) is 0 Å². The van der Waals surface area contributed by atoms with Crippen LogP contribution in [0.15, 0.2) is 40.8 Å². The summed E-state index contributed by atoms with van der Waals surface area (Å²) in [5.74, 6) is 0.332. The first-order valence-corrected chi connectivity index (χ1v) is 4.88. The summed E-state index contributed by atoms with van der Waals surface area (Å²) in [7, 11) is 0. The van der Waals surface area contributed by atoms with Crippen molar-refractivity contribution in [2.45, 2.75) is 12.8 Å². The van der Waals surface area contributed by atoms with Gasteiger partial charge in [0.05, 0.1) is 5.56 Å². The molecule has 0 spiro atoms. The highest BCUT2D eigenvalue weighted by molar-refractivity contribution is 5.63. The number of hydrogen-bond donors (Lipinski definition) is 1. The Morgan fingerprint density at radius 1 is 1.06 bits per heavy atom. The van der Waals surface area contributed by atoms with Crippen LogP contribution in [0.2, 0.25) is 0 Å². The molecule has 2 nitrogen and oxygen atoms in total. The van der Waals surface area contributed by atoms with E-state index in [-0.39, 0.29) is 23.7 Å². The van der Waals surface area contributed by atoms with E-state index >= 15 is 0 Å². The smallest absolute Gasteiger partial charge is 0.417 e. The van der Waals surface area contributed by atoms with Gasteiger partial charge in [0.1, 0.15) is 18.1 Å². The maximum Gasteiger partial charge on any atom is 0.417 e. The first-order valence-electron chi connectivity index (χ1n) is 4.88. The Balaban J connectivity index is 2.52. The molecule has 2 rings (SSSR count). The van der Waals surface area contributed by atoms with Gasteiger partial charge in [0, 0.05) is 5.56 Å². The van der Waals surface area contributed by atoms with Crippen molar-refractivity contribution in [1.82, 2.24) is 0 Å². The molecule has 0 amide bonds. The van der Waals surface area contributed by atoms with Gasteiger partial charge < -0.3 is 9.52 Å². The Hall–Kier alpha value is -1.75. The van der Waals surface area contributed by atoms with Crippen molar-refractivity contribution in [3.05, 3.63) is 47.7 Å². The molecule has 1 heterocycles. The third kappa shape index (κ3) is 2.34. The molecule has 0 atom stereocenters. The average molecular weight is 242 g/mol. The summed E-state index contributed by atoms with van der Waals surface area (Å²) in [5, 5.41) is 8.81. The Morgan fingerprint density at radius 3 is 2.35 bits per heavy atom. The fourth-order valence-electron chi connectivity index (χ4n) is 1.55. The van der Waals surface area contributed by atoms with E-state index in [1.807, 2.05) is 0 Å².